The van der Waals surface area contributed by atoms with Gasteiger partial charge in [0.05, 0.1) is 30.3 Å². The van der Waals surface area contributed by atoms with Crippen molar-refractivity contribution >= 4 is 38.3 Å². The molecule has 1 fully saturated rings. The normalized spacial score (nSPS) is 16.7. The van der Waals surface area contributed by atoms with Crippen LogP contribution in [0.3, 0.4) is 0 Å². The van der Waals surface area contributed by atoms with Crippen molar-refractivity contribution in [2.75, 3.05) is 38.2 Å². The van der Waals surface area contributed by atoms with Gasteiger partial charge in [-0.3, -0.25) is 14.9 Å². The number of anilines is 1. The van der Waals surface area contributed by atoms with Crippen LogP contribution in [0.2, 0.25) is 0 Å². The third kappa shape index (κ3) is 4.85. The smallest absolute Gasteiger partial charge is 0.279 e. The number of nitrogens with one attached hydrogen (secondary N) is 1. The van der Waals surface area contributed by atoms with E-state index in [1.54, 1.807) is 30.0 Å². The van der Waals surface area contributed by atoms with Gasteiger partial charge in [0.15, 0.2) is 10.8 Å². The fourth-order valence-electron chi connectivity index (χ4n) is 3.94. The molecule has 2 aromatic heterocycles. The molecule has 0 radical (unpaired) electrons. The van der Waals surface area contributed by atoms with Gasteiger partial charge in [-0.05, 0) is 31.2 Å². The molecule has 0 unspecified atom stereocenters. The minimum Gasteiger partial charge on any atom is -0.379 e. The summed E-state index contributed by atoms with van der Waals surface area (Å²) in [6.07, 6.45) is 0.556. The van der Waals surface area contributed by atoms with Gasteiger partial charge in [0, 0.05) is 42.6 Å². The van der Waals surface area contributed by atoms with Gasteiger partial charge >= 0.3 is 0 Å². The van der Waals surface area contributed by atoms with Crippen LogP contribution in [0.4, 0.5) is 5.13 Å². The van der Waals surface area contributed by atoms with Crippen LogP contribution in [0.15, 0.2) is 39.8 Å². The van der Waals surface area contributed by atoms with Crippen LogP contribution in [0.5, 0.6) is 0 Å². The Morgan fingerprint density at radius 3 is 2.54 bits per heavy atom. The van der Waals surface area contributed by atoms with Crippen molar-refractivity contribution in [3.63, 3.8) is 0 Å². The number of nitrogens with zero attached hydrogens (tertiary/aromatic N) is 4. The van der Waals surface area contributed by atoms with Gasteiger partial charge in [-0.2, -0.15) is 4.31 Å². The molecule has 1 N–H and O–H groups in total. The summed E-state index contributed by atoms with van der Waals surface area (Å²) in [5.74, 6) is -0.0644. The molecule has 0 atom stereocenters. The molecule has 0 spiro atoms. The summed E-state index contributed by atoms with van der Waals surface area (Å²) in [6.45, 7) is 3.90. The van der Waals surface area contributed by atoms with Crippen LogP contribution in [0.1, 0.15) is 37.2 Å². The van der Waals surface area contributed by atoms with Crippen molar-refractivity contribution in [2.45, 2.75) is 24.8 Å². The SMILES string of the molecule is Cc1cc(C(=O)Nc2nc3c(s2)CN(C(=O)c2ccc(S(=O)(=O)N4CCOCC4)cc2)CC3)no1. The number of rotatable bonds is 5. The molecule has 13 heteroatoms. The lowest BCUT2D eigenvalue weighted by molar-refractivity contribution is 0.0730. The lowest BCUT2D eigenvalue weighted by Gasteiger charge is -2.27. The summed E-state index contributed by atoms with van der Waals surface area (Å²) < 4.78 is 37.2. The van der Waals surface area contributed by atoms with E-state index in [-0.39, 0.29) is 16.5 Å². The second-order valence-corrected chi connectivity index (χ2v) is 11.2. The number of carbonyl (C=O) groups is 2. The van der Waals surface area contributed by atoms with E-state index in [9.17, 15) is 18.0 Å². The zero-order valence-corrected chi connectivity index (χ0v) is 20.5. The lowest BCUT2D eigenvalue weighted by atomic mass is 10.1. The fraction of sp³-hybridized carbons (Fsp3) is 0.364. The standard InChI is InChI=1S/C22H23N5O6S2/c1-14-12-18(25-33-14)20(28)24-22-23-17-6-7-26(13-19(17)34-22)21(29)15-2-4-16(5-3-15)35(30,31)27-8-10-32-11-9-27/h2-5,12H,6-11,13H2,1H3,(H,23,24,28). The highest BCUT2D eigenvalue weighted by molar-refractivity contribution is 7.89. The number of aryl methyl sites for hydroxylation is 1. The van der Waals surface area contributed by atoms with Crippen LogP contribution in [0, 0.1) is 6.92 Å². The van der Waals surface area contributed by atoms with E-state index in [0.717, 1.165) is 10.6 Å². The van der Waals surface area contributed by atoms with E-state index < -0.39 is 15.9 Å². The van der Waals surface area contributed by atoms with Gasteiger partial charge in [-0.15, -0.1) is 0 Å². The fourth-order valence-corrected chi connectivity index (χ4v) is 6.37. The van der Waals surface area contributed by atoms with Crippen molar-refractivity contribution in [3.8, 4) is 0 Å². The summed E-state index contributed by atoms with van der Waals surface area (Å²) in [6, 6.07) is 7.58. The van der Waals surface area contributed by atoms with E-state index in [1.165, 1.54) is 27.8 Å². The molecule has 2 aliphatic heterocycles. The Hall–Kier alpha value is -3.13. The largest absolute Gasteiger partial charge is 0.379 e. The Morgan fingerprint density at radius 2 is 1.86 bits per heavy atom. The Bertz CT molecular complexity index is 1360. The van der Waals surface area contributed by atoms with Crippen molar-refractivity contribution in [1.29, 1.82) is 0 Å². The molecule has 4 heterocycles. The second kappa shape index (κ2) is 9.49. The molecule has 2 aliphatic rings. The van der Waals surface area contributed by atoms with Crippen LogP contribution in [-0.4, -0.2) is 72.4 Å². The molecule has 35 heavy (non-hydrogen) atoms. The van der Waals surface area contributed by atoms with Gasteiger partial charge in [-0.1, -0.05) is 16.5 Å². The molecule has 3 aromatic rings. The number of hydrogen-bond donors (Lipinski definition) is 1. The average molecular weight is 518 g/mol. The predicted octanol–water partition coefficient (Wildman–Crippen LogP) is 1.91. The van der Waals surface area contributed by atoms with Gasteiger partial charge in [0.1, 0.15) is 5.76 Å². The first-order valence-electron chi connectivity index (χ1n) is 11.0. The minimum atomic E-state index is -3.62. The summed E-state index contributed by atoms with van der Waals surface area (Å²) >= 11 is 1.31. The molecular formula is C22H23N5O6S2. The summed E-state index contributed by atoms with van der Waals surface area (Å²) in [7, 11) is -3.62. The first kappa shape index (κ1) is 23.6. The van der Waals surface area contributed by atoms with Crippen LogP contribution in [-0.2, 0) is 27.7 Å². The van der Waals surface area contributed by atoms with Crippen LogP contribution in [0.25, 0.3) is 0 Å². The number of carbonyl (C=O) groups excluding carboxylic acids is 2. The number of morpholine rings is 1. The Morgan fingerprint density at radius 1 is 1.11 bits per heavy atom. The van der Waals surface area contributed by atoms with Gasteiger partial charge in [0.2, 0.25) is 10.0 Å². The van der Waals surface area contributed by atoms with E-state index in [2.05, 4.69) is 15.5 Å². The molecule has 1 saturated heterocycles. The van der Waals surface area contributed by atoms with Gasteiger partial charge in [-0.25, -0.2) is 13.4 Å². The molecule has 5 rings (SSSR count). The number of hydrogen-bond acceptors (Lipinski definition) is 9. The highest BCUT2D eigenvalue weighted by Gasteiger charge is 2.28. The van der Waals surface area contributed by atoms with Crippen molar-refractivity contribution in [1.82, 2.24) is 19.3 Å². The van der Waals surface area contributed by atoms with Gasteiger partial charge < -0.3 is 14.2 Å². The predicted molar refractivity (Wildman–Crippen MR) is 126 cm³/mol. The average Bonchev–Trinajstić information content (AvgIpc) is 3.49. The van der Waals surface area contributed by atoms with Crippen molar-refractivity contribution in [3.05, 3.63) is 57.9 Å². The molecule has 0 saturated carbocycles. The highest BCUT2D eigenvalue weighted by Crippen LogP contribution is 2.29. The van der Waals surface area contributed by atoms with E-state index >= 15 is 0 Å². The zero-order chi connectivity index (χ0) is 24.6. The molecular weight excluding hydrogens is 494 g/mol. The third-order valence-electron chi connectivity index (χ3n) is 5.81. The number of amides is 2. The van der Waals surface area contributed by atoms with E-state index in [0.29, 0.717) is 62.3 Å². The maximum Gasteiger partial charge on any atom is 0.279 e. The topological polar surface area (TPSA) is 135 Å². The van der Waals surface area contributed by atoms with Crippen LogP contribution >= 0.6 is 11.3 Å². The number of fused-ring (bicyclic) bond motifs is 1. The minimum absolute atomic E-state index is 0.155. The third-order valence-corrected chi connectivity index (χ3v) is 8.72. The first-order valence-corrected chi connectivity index (χ1v) is 13.3. The van der Waals surface area contributed by atoms with Crippen molar-refractivity contribution in [2.24, 2.45) is 0 Å². The Balaban J connectivity index is 1.25. The molecule has 184 valence electrons. The molecule has 0 bridgehead atoms. The quantitative estimate of drug-likeness (QED) is 0.542. The molecule has 0 aliphatic carbocycles. The van der Waals surface area contributed by atoms with Crippen molar-refractivity contribution < 1.29 is 27.3 Å². The lowest BCUT2D eigenvalue weighted by Crippen LogP contribution is -2.40. The summed E-state index contributed by atoms with van der Waals surface area (Å²) in [5, 5.41) is 6.86. The zero-order valence-electron chi connectivity index (χ0n) is 18.9. The Labute approximate surface area is 205 Å². The van der Waals surface area contributed by atoms with E-state index in [4.69, 9.17) is 9.26 Å². The highest BCUT2D eigenvalue weighted by atomic mass is 32.2. The first-order chi connectivity index (χ1) is 16.8. The molecule has 11 nitrogen and oxygen atoms in total. The molecule has 1 aromatic carbocycles. The molecule has 2 amide bonds. The number of benzene rings is 1. The Kier molecular flexibility index (Phi) is 6.40. The van der Waals surface area contributed by atoms with Gasteiger partial charge in [0.25, 0.3) is 11.8 Å². The van der Waals surface area contributed by atoms with E-state index in [1.807, 2.05) is 0 Å². The number of ether oxygens (including phenoxy) is 1. The maximum atomic E-state index is 13.1. The summed E-state index contributed by atoms with van der Waals surface area (Å²) in [5.41, 5.74) is 1.43. The second-order valence-electron chi connectivity index (χ2n) is 8.18. The number of aromatic nitrogens is 2. The number of thiazole rings is 1. The monoisotopic (exact) mass is 517 g/mol. The van der Waals surface area contributed by atoms with Crippen LogP contribution < -0.4 is 5.32 Å². The summed E-state index contributed by atoms with van der Waals surface area (Å²) in [4.78, 5) is 32.6. The number of sulfonamides is 1. The maximum absolute atomic E-state index is 13.1.